The van der Waals surface area contributed by atoms with Crippen LogP contribution in [0, 0.1) is 6.92 Å². The van der Waals surface area contributed by atoms with E-state index in [-0.39, 0.29) is 10.8 Å². The first kappa shape index (κ1) is 53.4. The molecule has 93 heavy (non-hydrogen) atoms. The van der Waals surface area contributed by atoms with Gasteiger partial charge in [-0.05, 0) is 197 Å². The first-order valence-electron chi connectivity index (χ1n) is 32.5. The molecule has 4 heteroatoms. The molecule has 0 unspecified atom stereocenters. The molecule has 0 N–H and O–H groups in total. The molecule has 2 aliphatic carbocycles. The van der Waals surface area contributed by atoms with Gasteiger partial charge in [0.05, 0.1) is 22.7 Å². The Morgan fingerprint density at radius 2 is 0.699 bits per heavy atom. The average Bonchev–Trinajstić information content (AvgIpc) is 1.57. The van der Waals surface area contributed by atoms with Gasteiger partial charge in [-0.25, -0.2) is 0 Å². The van der Waals surface area contributed by atoms with Crippen LogP contribution < -0.4 is 9.80 Å². The van der Waals surface area contributed by atoms with Crippen LogP contribution in [0.2, 0.25) is 0 Å². The van der Waals surface area contributed by atoms with Gasteiger partial charge in [0.15, 0.2) is 11.2 Å². The van der Waals surface area contributed by atoms with Gasteiger partial charge in [0.2, 0.25) is 0 Å². The summed E-state index contributed by atoms with van der Waals surface area (Å²) in [6.45, 7) is 11.7. The van der Waals surface area contributed by atoms with Crippen molar-refractivity contribution in [3.63, 3.8) is 0 Å². The number of anilines is 6. The van der Waals surface area contributed by atoms with Crippen LogP contribution in [0.15, 0.2) is 294 Å². The molecule has 2 aromatic heterocycles. The maximum absolute atomic E-state index is 7.49. The molecule has 2 aliphatic rings. The third-order valence-corrected chi connectivity index (χ3v) is 20.8. The molecule has 0 fully saturated rings. The summed E-state index contributed by atoms with van der Waals surface area (Å²) in [5.41, 5.74) is 25.3. The Bertz CT molecular complexity index is 6010. The summed E-state index contributed by atoms with van der Waals surface area (Å²) in [5, 5.41) is 14.1. The van der Waals surface area contributed by atoms with Crippen LogP contribution in [0.3, 0.4) is 0 Å². The quantitative estimate of drug-likeness (QED) is 0.152. The molecule has 4 nitrogen and oxygen atoms in total. The van der Waals surface area contributed by atoms with Gasteiger partial charge in [-0.3, -0.25) is 0 Å². The summed E-state index contributed by atoms with van der Waals surface area (Å²) in [5.74, 6) is 0. The number of fused-ring (bicyclic) bond motifs is 18. The van der Waals surface area contributed by atoms with Gasteiger partial charge in [0, 0.05) is 60.1 Å². The summed E-state index contributed by atoms with van der Waals surface area (Å²) in [6, 6.07) is 105. The highest BCUT2D eigenvalue weighted by Gasteiger charge is 2.41. The minimum atomic E-state index is -0.346. The predicted octanol–water partition coefficient (Wildman–Crippen LogP) is 25.3. The molecule has 0 atom stereocenters. The number of aryl methyl sites for hydroxylation is 1. The van der Waals surface area contributed by atoms with E-state index in [1.165, 1.54) is 87.6 Å². The molecule has 0 spiro atoms. The number of hydrogen-bond donors (Lipinski definition) is 0. The van der Waals surface area contributed by atoms with Crippen molar-refractivity contribution in [1.82, 2.24) is 0 Å². The molecular formula is C89H62N2O2. The maximum atomic E-state index is 7.49. The minimum absolute atomic E-state index is 0.260. The van der Waals surface area contributed by atoms with Crippen LogP contribution in [-0.4, -0.2) is 0 Å². The van der Waals surface area contributed by atoms with E-state index in [4.69, 9.17) is 8.83 Å². The van der Waals surface area contributed by atoms with Crippen molar-refractivity contribution in [2.75, 3.05) is 9.80 Å². The van der Waals surface area contributed by atoms with E-state index < -0.39 is 0 Å². The predicted molar refractivity (Wildman–Crippen MR) is 391 cm³/mol. The fourth-order valence-corrected chi connectivity index (χ4v) is 16.3. The number of hydrogen-bond acceptors (Lipinski definition) is 4. The Kier molecular flexibility index (Phi) is 11.3. The van der Waals surface area contributed by atoms with E-state index in [1.54, 1.807) is 0 Å². The number of nitrogens with zero attached hydrogens (tertiary/aromatic N) is 2. The molecule has 2 heterocycles. The van der Waals surface area contributed by atoms with Crippen molar-refractivity contribution in [1.29, 1.82) is 0 Å². The third kappa shape index (κ3) is 7.79. The van der Waals surface area contributed by atoms with Crippen molar-refractivity contribution >= 4 is 121 Å². The van der Waals surface area contributed by atoms with E-state index in [0.29, 0.717) is 0 Å². The Morgan fingerprint density at radius 1 is 0.258 bits per heavy atom. The van der Waals surface area contributed by atoms with Gasteiger partial charge < -0.3 is 18.6 Å². The summed E-state index contributed by atoms with van der Waals surface area (Å²) in [7, 11) is 0. The molecule has 0 radical (unpaired) electrons. The highest BCUT2D eigenvalue weighted by molar-refractivity contribution is 6.19. The van der Waals surface area contributed by atoms with Crippen molar-refractivity contribution in [2.45, 2.75) is 45.4 Å². The van der Waals surface area contributed by atoms with Crippen molar-refractivity contribution in [2.24, 2.45) is 0 Å². The lowest BCUT2D eigenvalue weighted by Gasteiger charge is -2.29. The average molecular weight is 1190 g/mol. The Labute approximate surface area is 539 Å². The molecule has 19 rings (SSSR count). The second-order valence-electron chi connectivity index (χ2n) is 26.8. The van der Waals surface area contributed by atoms with E-state index in [0.717, 1.165) is 106 Å². The fraction of sp³-hybridized carbons (Fsp3) is 0.0787. The molecule has 440 valence electrons. The first-order chi connectivity index (χ1) is 45.5. The fourth-order valence-electron chi connectivity index (χ4n) is 16.3. The second-order valence-corrected chi connectivity index (χ2v) is 26.8. The number of para-hydroxylation sites is 5. The van der Waals surface area contributed by atoms with Gasteiger partial charge in [-0.1, -0.05) is 222 Å². The zero-order valence-electron chi connectivity index (χ0n) is 52.3. The van der Waals surface area contributed by atoms with Crippen LogP contribution in [0.25, 0.3) is 131 Å². The van der Waals surface area contributed by atoms with Crippen LogP contribution in [-0.2, 0) is 10.8 Å². The minimum Gasteiger partial charge on any atom is -0.454 e. The number of rotatable bonds is 8. The van der Waals surface area contributed by atoms with Gasteiger partial charge in [0.25, 0.3) is 0 Å². The summed E-state index contributed by atoms with van der Waals surface area (Å²) < 4.78 is 14.4. The molecule has 17 aromatic rings. The van der Waals surface area contributed by atoms with E-state index in [2.05, 4.69) is 330 Å². The van der Waals surface area contributed by atoms with E-state index in [9.17, 15) is 0 Å². The lowest BCUT2D eigenvalue weighted by atomic mass is 9.81. The summed E-state index contributed by atoms with van der Waals surface area (Å²) in [4.78, 5) is 4.87. The SMILES string of the molecule is Cc1cccc2c1oc1c(N(c3ccccc3)c3cc4c(c5ccccc35)-c3cc5ccc(-c6cc(-c7ccccc7)c7oc8c(N(c9ccccc9)c9cc%10c(c%11ccccc9%11)-c9cc%11ccccc%11cc9C%10(C)C)cccc8c7c6)cc5cc3C4(C)C)cccc12. The Morgan fingerprint density at radius 3 is 1.27 bits per heavy atom. The lowest BCUT2D eigenvalue weighted by molar-refractivity contribution is 0.661. The van der Waals surface area contributed by atoms with E-state index >= 15 is 0 Å². The van der Waals surface area contributed by atoms with Crippen LogP contribution in [0.4, 0.5) is 34.1 Å². The zero-order chi connectivity index (χ0) is 62.0. The normalized spacial score (nSPS) is 13.6. The van der Waals surface area contributed by atoms with Crippen LogP contribution in [0.1, 0.15) is 55.5 Å². The molecule has 0 aliphatic heterocycles. The molecule has 0 amide bonds. The Hall–Kier alpha value is -11.5. The maximum Gasteiger partial charge on any atom is 0.159 e. The van der Waals surface area contributed by atoms with Gasteiger partial charge >= 0.3 is 0 Å². The largest absolute Gasteiger partial charge is 0.454 e. The number of furan rings is 2. The molecule has 0 saturated heterocycles. The van der Waals surface area contributed by atoms with Crippen molar-refractivity contribution in [3.8, 4) is 44.5 Å². The van der Waals surface area contributed by atoms with Crippen LogP contribution >= 0.6 is 0 Å². The highest BCUT2D eigenvalue weighted by Crippen LogP contribution is 2.59. The topological polar surface area (TPSA) is 32.8 Å². The van der Waals surface area contributed by atoms with Gasteiger partial charge in [-0.15, -0.1) is 0 Å². The lowest BCUT2D eigenvalue weighted by Crippen LogP contribution is -2.17. The second kappa shape index (κ2) is 19.8. The third-order valence-electron chi connectivity index (χ3n) is 20.8. The smallest absolute Gasteiger partial charge is 0.159 e. The van der Waals surface area contributed by atoms with Gasteiger partial charge in [0.1, 0.15) is 11.2 Å². The summed E-state index contributed by atoms with van der Waals surface area (Å²) >= 11 is 0. The monoisotopic (exact) mass is 1190 g/mol. The molecule has 0 saturated carbocycles. The van der Waals surface area contributed by atoms with Crippen molar-refractivity contribution < 1.29 is 8.83 Å². The van der Waals surface area contributed by atoms with Crippen molar-refractivity contribution in [3.05, 3.63) is 313 Å². The standard InChI is InChI=1S/C89H62N2O2/c1-53-24-21-37-67-68-38-22-40-78(86(68)92-84(53)67)90(61-29-11-7-12-30-61)80-52-77-83(66-36-20-18-34-64(66)80)73-46-58-43-42-57(44-59(58)50-75(73)89(77,4)5)60-47-70(54-25-9-6-10-26-54)85-71(48-60)69-39-23-41-79(87(69)93-85)91(62-31-13-8-14-32-62)81-51-76-82(65-35-19-17-33-63(65)81)72-45-55-27-15-16-28-56(55)49-74(72)88(76,2)3/h6-52H,1-5H3. The molecule has 15 aromatic carbocycles. The summed E-state index contributed by atoms with van der Waals surface area (Å²) in [6.07, 6.45) is 0. The Balaban J connectivity index is 0.767. The van der Waals surface area contributed by atoms with E-state index in [1.807, 2.05) is 0 Å². The highest BCUT2D eigenvalue weighted by atomic mass is 16.3. The molecule has 0 bridgehead atoms. The number of benzene rings is 15. The van der Waals surface area contributed by atoms with Gasteiger partial charge in [-0.2, -0.15) is 0 Å². The first-order valence-corrected chi connectivity index (χ1v) is 32.5. The van der Waals surface area contributed by atoms with Crippen LogP contribution in [0.5, 0.6) is 0 Å². The molecular weight excluding hydrogens is 1130 g/mol. The zero-order valence-corrected chi connectivity index (χ0v) is 52.3.